The van der Waals surface area contributed by atoms with E-state index in [9.17, 15) is 19.6 Å². The fraction of sp³-hybridized carbons (Fsp3) is 0.176. The van der Waals surface area contributed by atoms with Gasteiger partial charge in [-0.1, -0.05) is 18.2 Å². The highest BCUT2D eigenvalue weighted by Gasteiger charge is 2.16. The van der Waals surface area contributed by atoms with Gasteiger partial charge < -0.3 is 10.1 Å². The molecule has 1 heterocycles. The highest BCUT2D eigenvalue weighted by atomic mass is 32.1. The van der Waals surface area contributed by atoms with Crippen molar-refractivity contribution in [3.8, 4) is 11.8 Å². The van der Waals surface area contributed by atoms with E-state index in [1.807, 2.05) is 6.07 Å². The lowest BCUT2D eigenvalue weighted by molar-refractivity contribution is -0.135. The van der Waals surface area contributed by atoms with E-state index >= 15 is 0 Å². The molecule has 0 aliphatic carbocycles. The summed E-state index contributed by atoms with van der Waals surface area (Å²) in [5.41, 5.74) is -0.230. The smallest absolute Gasteiger partial charge is 0.332 e. The Balaban J connectivity index is 2.91. The first-order valence-corrected chi connectivity index (χ1v) is 8.17. The number of nitrogens with one attached hydrogen (secondary N) is 1. The largest absolute Gasteiger partial charge is 0.463 e. The Morgan fingerprint density at radius 2 is 2.04 bits per heavy atom. The summed E-state index contributed by atoms with van der Waals surface area (Å²) < 4.78 is 6.29. The molecule has 0 saturated heterocycles. The number of hydrogen-bond donors (Lipinski definition) is 1. The van der Waals surface area contributed by atoms with Crippen LogP contribution in [0.3, 0.4) is 0 Å². The lowest BCUT2D eigenvalue weighted by Crippen LogP contribution is -2.33. The van der Waals surface area contributed by atoms with E-state index in [4.69, 9.17) is 4.74 Å². The molecule has 25 heavy (non-hydrogen) atoms. The fourth-order valence-electron chi connectivity index (χ4n) is 2.07. The van der Waals surface area contributed by atoms with Gasteiger partial charge in [0.05, 0.1) is 12.3 Å². The fourth-order valence-corrected chi connectivity index (χ4v) is 3.14. The lowest BCUT2D eigenvalue weighted by atomic mass is 10.3. The Kier molecular flexibility index (Phi) is 5.87. The number of esters is 1. The number of ether oxygens (including phenoxy) is 1. The number of nitrogens with zero attached hydrogens (tertiary/aromatic N) is 2. The maximum absolute atomic E-state index is 12.7. The van der Waals surface area contributed by atoms with E-state index < -0.39 is 17.4 Å². The molecule has 0 atom stereocenters. The molecule has 0 aliphatic heterocycles. The van der Waals surface area contributed by atoms with Crippen LogP contribution in [0.4, 0.5) is 0 Å². The molecular formula is C17H15N3O4S. The molecule has 1 N–H and O–H groups in total. The summed E-state index contributed by atoms with van der Waals surface area (Å²) in [5.74, 6) is -1.28. The first-order valence-electron chi connectivity index (χ1n) is 7.35. The molecule has 0 spiro atoms. The average Bonchev–Trinajstić information content (AvgIpc) is 2.92. The molecular weight excluding hydrogens is 342 g/mol. The minimum atomic E-state index is -0.661. The number of rotatable bonds is 4. The summed E-state index contributed by atoms with van der Waals surface area (Å²) in [4.78, 5) is 36.4. The summed E-state index contributed by atoms with van der Waals surface area (Å²) in [6, 6.07) is 10.4. The zero-order valence-electron chi connectivity index (χ0n) is 13.6. The Labute approximate surface area is 147 Å². The van der Waals surface area contributed by atoms with Crippen LogP contribution >= 0.6 is 11.3 Å². The van der Waals surface area contributed by atoms with E-state index in [1.165, 1.54) is 11.6 Å². The quantitative estimate of drug-likeness (QED) is 0.755. The molecule has 0 fully saturated rings. The maximum Gasteiger partial charge on any atom is 0.332 e. The van der Waals surface area contributed by atoms with E-state index in [-0.39, 0.29) is 21.4 Å². The number of nitriles is 1. The molecule has 7 nitrogen and oxygen atoms in total. The number of aromatic nitrogens is 1. The predicted molar refractivity (Wildman–Crippen MR) is 93.4 cm³/mol. The number of hydrogen-bond acceptors (Lipinski definition) is 6. The van der Waals surface area contributed by atoms with Crippen molar-refractivity contribution in [2.24, 2.45) is 0 Å². The highest BCUT2D eigenvalue weighted by Crippen LogP contribution is 2.03. The number of carbonyl (C=O) groups excluding carboxylic acids is 2. The topological polar surface area (TPSA) is 101 Å². The van der Waals surface area contributed by atoms with E-state index in [1.54, 1.807) is 37.3 Å². The van der Waals surface area contributed by atoms with Crippen LogP contribution in [0.15, 0.2) is 35.1 Å². The number of thiazole rings is 1. The number of carbonyl (C=O) groups is 2. The van der Waals surface area contributed by atoms with Crippen molar-refractivity contribution in [3.05, 3.63) is 49.9 Å². The summed E-state index contributed by atoms with van der Waals surface area (Å²) in [6.45, 7) is 1.83. The molecule has 2 aromatic rings. The molecule has 0 radical (unpaired) electrons. The van der Waals surface area contributed by atoms with Crippen LogP contribution < -0.4 is 20.1 Å². The molecule has 8 heteroatoms. The Morgan fingerprint density at radius 1 is 1.36 bits per heavy atom. The lowest BCUT2D eigenvalue weighted by Gasteiger charge is -2.02. The first-order chi connectivity index (χ1) is 12.0. The third kappa shape index (κ3) is 3.84. The molecule has 2 rings (SSSR count). The zero-order valence-corrected chi connectivity index (χ0v) is 14.4. The van der Waals surface area contributed by atoms with Crippen molar-refractivity contribution < 1.29 is 14.3 Å². The molecule has 1 aromatic carbocycles. The summed E-state index contributed by atoms with van der Waals surface area (Å²) >= 11 is 0.885. The second-order valence-electron chi connectivity index (χ2n) is 4.71. The van der Waals surface area contributed by atoms with Crippen molar-refractivity contribution in [2.75, 3.05) is 13.7 Å². The van der Waals surface area contributed by atoms with Crippen LogP contribution in [0, 0.1) is 11.3 Å². The second-order valence-corrected chi connectivity index (χ2v) is 5.74. The van der Waals surface area contributed by atoms with E-state index in [0.29, 0.717) is 5.69 Å². The molecule has 128 valence electrons. The van der Waals surface area contributed by atoms with Gasteiger partial charge in [0, 0.05) is 13.1 Å². The summed E-state index contributed by atoms with van der Waals surface area (Å²) in [6.07, 6.45) is 1.07. The van der Waals surface area contributed by atoms with Gasteiger partial charge in [-0.2, -0.15) is 5.26 Å². The van der Waals surface area contributed by atoms with Crippen molar-refractivity contribution >= 4 is 34.9 Å². The van der Waals surface area contributed by atoms with Gasteiger partial charge in [0.25, 0.3) is 11.5 Å². The third-order valence-corrected chi connectivity index (χ3v) is 4.25. The van der Waals surface area contributed by atoms with Crippen molar-refractivity contribution in [2.45, 2.75) is 6.92 Å². The summed E-state index contributed by atoms with van der Waals surface area (Å²) in [5, 5.41) is 11.7. The minimum absolute atomic E-state index is 0.0777. The SMILES string of the molecule is CCOC(=O)/C=c1/s/c(=C(\C#N)C(=O)NC)n(-c2ccccc2)c1=O. The van der Waals surface area contributed by atoms with Crippen LogP contribution in [0.5, 0.6) is 0 Å². The van der Waals surface area contributed by atoms with E-state index in [2.05, 4.69) is 5.32 Å². The maximum atomic E-state index is 12.7. The van der Waals surface area contributed by atoms with Crippen LogP contribution in [0.2, 0.25) is 0 Å². The van der Waals surface area contributed by atoms with Gasteiger partial charge in [-0.15, -0.1) is 11.3 Å². The monoisotopic (exact) mass is 357 g/mol. The average molecular weight is 357 g/mol. The molecule has 1 aromatic heterocycles. The van der Waals surface area contributed by atoms with Gasteiger partial charge in [0.15, 0.2) is 5.57 Å². The molecule has 1 amide bonds. The van der Waals surface area contributed by atoms with Crippen LogP contribution in [0.1, 0.15) is 6.92 Å². The second kappa shape index (κ2) is 8.08. The van der Waals surface area contributed by atoms with Crippen molar-refractivity contribution in [1.29, 1.82) is 5.26 Å². The van der Waals surface area contributed by atoms with Gasteiger partial charge in [-0.05, 0) is 19.1 Å². The Bertz CT molecular complexity index is 1010. The molecule has 0 bridgehead atoms. The minimum Gasteiger partial charge on any atom is -0.463 e. The third-order valence-electron chi connectivity index (χ3n) is 3.15. The molecule has 0 aliphatic rings. The summed E-state index contributed by atoms with van der Waals surface area (Å²) in [7, 11) is 1.39. The Morgan fingerprint density at radius 3 is 2.60 bits per heavy atom. The van der Waals surface area contributed by atoms with Crippen LogP contribution in [-0.4, -0.2) is 30.1 Å². The van der Waals surface area contributed by atoms with Gasteiger partial charge >= 0.3 is 5.97 Å². The zero-order chi connectivity index (χ0) is 18.4. The van der Waals surface area contributed by atoms with Gasteiger partial charge in [-0.25, -0.2) is 4.79 Å². The molecule has 0 unspecified atom stereocenters. The van der Waals surface area contributed by atoms with Gasteiger partial charge in [0.2, 0.25) is 0 Å². The van der Waals surface area contributed by atoms with Crippen molar-refractivity contribution in [3.63, 3.8) is 0 Å². The number of amides is 1. The normalized spacial score (nSPS) is 12.3. The number of benzene rings is 1. The van der Waals surface area contributed by atoms with Crippen LogP contribution in [0.25, 0.3) is 17.3 Å². The molecule has 0 saturated carbocycles. The predicted octanol–water partition coefficient (Wildman–Crippen LogP) is -0.337. The Hall–Kier alpha value is -3.18. The van der Waals surface area contributed by atoms with E-state index in [0.717, 1.165) is 17.4 Å². The highest BCUT2D eigenvalue weighted by molar-refractivity contribution is 7.07. The van der Waals surface area contributed by atoms with Gasteiger partial charge in [0.1, 0.15) is 15.3 Å². The standard InChI is InChI=1S/C17H15N3O4S/c1-3-24-14(21)9-13-16(23)20(11-7-5-4-6-8-11)17(25-13)12(10-18)15(22)19-2/h4-9H,3H2,1-2H3,(H,19,22)/b13-9+,17-12+. The van der Waals surface area contributed by atoms with Crippen LogP contribution in [-0.2, 0) is 14.3 Å². The first kappa shape index (κ1) is 18.2. The van der Waals surface area contributed by atoms with Gasteiger partial charge in [-0.3, -0.25) is 14.2 Å². The number of para-hydroxylation sites is 1. The van der Waals surface area contributed by atoms with Crippen molar-refractivity contribution in [1.82, 2.24) is 9.88 Å².